The third-order valence-electron chi connectivity index (χ3n) is 3.83. The lowest BCUT2D eigenvalue weighted by molar-refractivity contribution is -0.151. The smallest absolute Gasteiger partial charge is 0.420 e. The summed E-state index contributed by atoms with van der Waals surface area (Å²) in [4.78, 5) is 10.7. The largest absolute Gasteiger partial charge is 0.466 e. The Kier molecular flexibility index (Phi) is 5.50. The molecule has 0 radical (unpaired) electrons. The Morgan fingerprint density at radius 3 is 2.10 bits per heavy atom. The monoisotopic (exact) mass is 458 g/mol. The number of rotatable bonds is 6. The molecule has 0 saturated carbocycles. The Hall–Kier alpha value is -3.09. The number of carbonyl (C=O) groups is 1. The molecule has 3 rings (SSSR count). The number of para-hydroxylation sites is 1. The molecule has 158 valence electrons. The van der Waals surface area contributed by atoms with Crippen LogP contribution in [0, 0.1) is 0 Å². The highest BCUT2D eigenvalue weighted by molar-refractivity contribution is 7.87. The second-order valence-corrected chi connectivity index (χ2v) is 8.82. The van der Waals surface area contributed by atoms with Crippen LogP contribution in [-0.2, 0) is 25.0 Å². The molecule has 0 aliphatic rings. The van der Waals surface area contributed by atoms with E-state index >= 15 is 0 Å². The van der Waals surface area contributed by atoms with Crippen molar-refractivity contribution >= 4 is 37.0 Å². The Morgan fingerprint density at radius 1 is 0.833 bits per heavy atom. The number of hydrogen-bond donors (Lipinski definition) is 1. The van der Waals surface area contributed by atoms with E-state index in [1.54, 1.807) is 30.3 Å². The topological polar surface area (TPSA) is 124 Å². The molecule has 0 atom stereocenters. The van der Waals surface area contributed by atoms with Crippen molar-refractivity contribution < 1.29 is 43.9 Å². The van der Waals surface area contributed by atoms with Crippen LogP contribution in [0.15, 0.2) is 71.6 Å². The van der Waals surface area contributed by atoms with E-state index in [0.717, 1.165) is 18.2 Å². The molecule has 0 spiro atoms. The van der Waals surface area contributed by atoms with Gasteiger partial charge in [0.2, 0.25) is 0 Å². The molecule has 3 aromatic carbocycles. The highest BCUT2D eigenvalue weighted by atomic mass is 32.2. The Bertz CT molecular complexity index is 1330. The first-order valence-corrected chi connectivity index (χ1v) is 10.9. The maximum absolute atomic E-state index is 13.5. The molecule has 1 N–H and O–H groups in total. The van der Waals surface area contributed by atoms with Crippen LogP contribution in [0.1, 0.15) is 0 Å². The van der Waals surface area contributed by atoms with Crippen LogP contribution in [0.4, 0.5) is 8.78 Å². The van der Waals surface area contributed by atoms with E-state index in [1.807, 2.05) is 0 Å². The lowest BCUT2D eigenvalue weighted by Crippen LogP contribution is -2.40. The zero-order valence-electron chi connectivity index (χ0n) is 14.7. The zero-order valence-corrected chi connectivity index (χ0v) is 16.4. The van der Waals surface area contributed by atoms with Gasteiger partial charge < -0.3 is 8.92 Å². The van der Waals surface area contributed by atoms with Crippen molar-refractivity contribution in [1.29, 1.82) is 0 Å². The van der Waals surface area contributed by atoms with Crippen LogP contribution in [0.3, 0.4) is 0 Å². The van der Waals surface area contributed by atoms with Gasteiger partial charge in [0.1, 0.15) is 4.90 Å². The molecule has 0 amide bonds. The molecule has 0 bridgehead atoms. The van der Waals surface area contributed by atoms with Crippen LogP contribution in [-0.4, -0.2) is 32.6 Å². The first kappa shape index (κ1) is 21.6. The Balaban J connectivity index is 1.99. The van der Waals surface area contributed by atoms with Crippen molar-refractivity contribution in [2.45, 2.75) is 10.2 Å². The number of fused-ring (bicyclic) bond motifs is 1. The number of carbonyl (C=O) groups excluding carboxylic acids is 1. The summed E-state index contributed by atoms with van der Waals surface area (Å²) in [5.74, 6) is -3.67. The van der Waals surface area contributed by atoms with E-state index in [9.17, 15) is 30.4 Å². The van der Waals surface area contributed by atoms with Crippen molar-refractivity contribution in [3.8, 4) is 11.5 Å². The molecular formula is C18H12F2O8S2. The van der Waals surface area contributed by atoms with Crippen molar-refractivity contribution in [3.63, 3.8) is 0 Å². The van der Waals surface area contributed by atoms with Gasteiger partial charge >= 0.3 is 31.5 Å². The lowest BCUT2D eigenvalue weighted by Gasteiger charge is -2.15. The van der Waals surface area contributed by atoms with E-state index in [1.165, 1.54) is 18.2 Å². The maximum atomic E-state index is 13.5. The molecule has 0 unspecified atom stereocenters. The van der Waals surface area contributed by atoms with E-state index in [4.69, 9.17) is 8.74 Å². The molecule has 0 aliphatic carbocycles. The fourth-order valence-electron chi connectivity index (χ4n) is 2.44. The van der Waals surface area contributed by atoms with Crippen molar-refractivity contribution in [3.05, 3.63) is 66.7 Å². The van der Waals surface area contributed by atoms with Gasteiger partial charge in [-0.05, 0) is 23.6 Å². The molecule has 0 heterocycles. The predicted octanol–water partition coefficient (Wildman–Crippen LogP) is 2.99. The minimum atomic E-state index is -6.13. The van der Waals surface area contributed by atoms with Crippen LogP contribution in [0.2, 0.25) is 0 Å². The highest BCUT2D eigenvalue weighted by Crippen LogP contribution is 2.32. The van der Waals surface area contributed by atoms with Crippen LogP contribution in [0.5, 0.6) is 11.5 Å². The molecule has 30 heavy (non-hydrogen) atoms. The third-order valence-corrected chi connectivity index (χ3v) is 5.92. The first-order valence-electron chi connectivity index (χ1n) is 8.02. The summed E-state index contributed by atoms with van der Waals surface area (Å²) in [6, 6.07) is 15.4. The number of halogens is 2. The van der Waals surface area contributed by atoms with Gasteiger partial charge in [-0.3, -0.25) is 4.55 Å². The summed E-state index contributed by atoms with van der Waals surface area (Å²) < 4.78 is 91.6. The molecule has 12 heteroatoms. The zero-order chi connectivity index (χ0) is 22.2. The van der Waals surface area contributed by atoms with Gasteiger partial charge in [-0.15, -0.1) is 0 Å². The molecular weight excluding hydrogens is 446 g/mol. The van der Waals surface area contributed by atoms with Crippen LogP contribution < -0.4 is 8.92 Å². The summed E-state index contributed by atoms with van der Waals surface area (Å²) in [5, 5.41) is -4.20. The van der Waals surface area contributed by atoms with Gasteiger partial charge in [-0.1, -0.05) is 48.5 Å². The molecule has 0 fully saturated rings. The number of esters is 1. The number of ether oxygens (including phenoxy) is 1. The fraction of sp³-hybridized carbons (Fsp3) is 0.0556. The quantitative estimate of drug-likeness (QED) is 0.259. The van der Waals surface area contributed by atoms with Gasteiger partial charge in [0.05, 0.1) is 0 Å². The summed E-state index contributed by atoms with van der Waals surface area (Å²) in [5.41, 5.74) is 0. The van der Waals surface area contributed by atoms with Crippen LogP contribution >= 0.6 is 0 Å². The highest BCUT2D eigenvalue weighted by Gasteiger charge is 2.54. The summed E-state index contributed by atoms with van der Waals surface area (Å²) in [6.07, 6.45) is 0. The van der Waals surface area contributed by atoms with E-state index in [-0.39, 0.29) is 5.75 Å². The SMILES string of the molecule is O=C(Oc1ccccc1S(=O)(=O)Oc1cccc2ccccc12)C(F)(F)S(=O)(=O)O. The van der Waals surface area contributed by atoms with Gasteiger partial charge in [0.15, 0.2) is 11.5 Å². The lowest BCUT2D eigenvalue weighted by atomic mass is 10.1. The molecule has 0 aliphatic heterocycles. The first-order chi connectivity index (χ1) is 13.9. The van der Waals surface area contributed by atoms with Crippen molar-refractivity contribution in [1.82, 2.24) is 0 Å². The molecule has 0 aromatic heterocycles. The average Bonchev–Trinajstić information content (AvgIpc) is 2.67. The predicted molar refractivity (Wildman–Crippen MR) is 100 cm³/mol. The van der Waals surface area contributed by atoms with Gasteiger partial charge in [0, 0.05) is 5.39 Å². The second kappa shape index (κ2) is 7.63. The molecule has 8 nitrogen and oxygen atoms in total. The maximum Gasteiger partial charge on any atom is 0.466 e. The van der Waals surface area contributed by atoms with Gasteiger partial charge in [-0.25, -0.2) is 4.79 Å². The minimum Gasteiger partial charge on any atom is -0.420 e. The van der Waals surface area contributed by atoms with Gasteiger partial charge in [0.25, 0.3) is 0 Å². The third kappa shape index (κ3) is 4.10. The van der Waals surface area contributed by atoms with Crippen LogP contribution in [0.25, 0.3) is 10.8 Å². The normalized spacial score (nSPS) is 12.5. The fourth-order valence-corrected chi connectivity index (χ4v) is 3.76. The standard InChI is InChI=1S/C18H12F2O8S2/c19-18(20,30(24,25)26)17(21)27-15-9-3-4-11-16(15)29(22,23)28-14-10-5-7-12-6-1-2-8-13(12)14/h1-11H,(H,24,25,26). The second-order valence-electron chi connectivity index (χ2n) is 5.84. The number of alkyl halides is 2. The van der Waals surface area contributed by atoms with E-state index < -0.39 is 42.1 Å². The van der Waals surface area contributed by atoms with E-state index in [0.29, 0.717) is 10.8 Å². The van der Waals surface area contributed by atoms with Gasteiger partial charge in [-0.2, -0.15) is 25.6 Å². The Morgan fingerprint density at radius 2 is 1.40 bits per heavy atom. The Labute approximate surface area is 169 Å². The van der Waals surface area contributed by atoms with Crippen molar-refractivity contribution in [2.75, 3.05) is 0 Å². The summed E-state index contributed by atoms with van der Waals surface area (Å²) in [7, 11) is -10.8. The minimum absolute atomic E-state index is 0.0718. The molecule has 3 aromatic rings. The van der Waals surface area contributed by atoms with Crippen molar-refractivity contribution in [2.24, 2.45) is 0 Å². The number of benzene rings is 3. The average molecular weight is 458 g/mol. The summed E-state index contributed by atoms with van der Waals surface area (Å²) >= 11 is 0. The molecule has 0 saturated heterocycles. The summed E-state index contributed by atoms with van der Waals surface area (Å²) in [6.45, 7) is 0. The van der Waals surface area contributed by atoms with E-state index in [2.05, 4.69) is 4.74 Å². The number of hydrogen-bond acceptors (Lipinski definition) is 7.